The number of nitrogens with zero attached hydrogens (tertiary/aromatic N) is 1. The van der Waals surface area contributed by atoms with Crippen molar-refractivity contribution < 1.29 is 19.1 Å². The molecule has 0 saturated carbocycles. The highest BCUT2D eigenvalue weighted by atomic mass is 35.5. The molecule has 0 spiro atoms. The zero-order chi connectivity index (χ0) is 22.4. The lowest BCUT2D eigenvalue weighted by atomic mass is 10.2. The molecule has 0 bridgehead atoms. The van der Waals surface area contributed by atoms with Crippen LogP contribution in [0.2, 0.25) is 5.02 Å². The van der Waals surface area contributed by atoms with E-state index in [1.165, 1.54) is 7.11 Å². The molecule has 0 aromatic heterocycles. The summed E-state index contributed by atoms with van der Waals surface area (Å²) in [4.78, 5) is 38.4. The molecule has 1 aliphatic heterocycles. The summed E-state index contributed by atoms with van der Waals surface area (Å²) in [5, 5.41) is 5.94. The molecular formula is C22H22ClN3O4S. The van der Waals surface area contributed by atoms with Crippen molar-refractivity contribution in [3.05, 3.63) is 63.5 Å². The average Bonchev–Trinajstić information content (AvgIpc) is 3.02. The third kappa shape index (κ3) is 5.80. The van der Waals surface area contributed by atoms with Crippen LogP contribution in [0.5, 0.6) is 5.75 Å². The summed E-state index contributed by atoms with van der Waals surface area (Å²) in [6.07, 6.45) is 1.69. The summed E-state index contributed by atoms with van der Waals surface area (Å²) in [6.45, 7) is 2.13. The van der Waals surface area contributed by atoms with E-state index in [2.05, 4.69) is 10.6 Å². The van der Waals surface area contributed by atoms with E-state index in [1.807, 2.05) is 37.3 Å². The maximum absolute atomic E-state index is 12.5. The van der Waals surface area contributed by atoms with E-state index in [1.54, 1.807) is 18.2 Å². The lowest BCUT2D eigenvalue weighted by Gasteiger charge is -2.15. The van der Waals surface area contributed by atoms with Gasteiger partial charge in [0, 0.05) is 24.2 Å². The molecule has 0 unspecified atom stereocenters. The van der Waals surface area contributed by atoms with Crippen LogP contribution in [-0.2, 0) is 9.59 Å². The van der Waals surface area contributed by atoms with Crippen LogP contribution in [0.3, 0.4) is 0 Å². The number of halogens is 1. The predicted molar refractivity (Wildman–Crippen MR) is 123 cm³/mol. The van der Waals surface area contributed by atoms with Crippen molar-refractivity contribution in [3.8, 4) is 5.75 Å². The lowest BCUT2D eigenvalue weighted by Crippen LogP contribution is -2.39. The maximum Gasteiger partial charge on any atom is 0.293 e. The van der Waals surface area contributed by atoms with Gasteiger partial charge < -0.3 is 15.4 Å². The quantitative estimate of drug-likeness (QED) is 0.582. The molecule has 1 fully saturated rings. The molecule has 0 atom stereocenters. The van der Waals surface area contributed by atoms with Crippen LogP contribution in [0, 0.1) is 6.92 Å². The number of nitrogens with one attached hydrogen (secondary N) is 2. The minimum atomic E-state index is -0.354. The Balaban J connectivity index is 1.49. The van der Waals surface area contributed by atoms with Crippen molar-refractivity contribution in [1.82, 2.24) is 10.2 Å². The van der Waals surface area contributed by atoms with Gasteiger partial charge in [-0.2, -0.15) is 0 Å². The van der Waals surface area contributed by atoms with Gasteiger partial charge in [0.25, 0.3) is 11.1 Å². The Hall–Kier alpha value is -2.97. The highest BCUT2D eigenvalue weighted by Gasteiger charge is 2.34. The van der Waals surface area contributed by atoms with Crippen LogP contribution >= 0.6 is 23.4 Å². The maximum atomic E-state index is 12.5. The van der Waals surface area contributed by atoms with E-state index in [0.29, 0.717) is 21.4 Å². The molecule has 1 saturated heterocycles. The smallest absolute Gasteiger partial charge is 0.293 e. The summed E-state index contributed by atoms with van der Waals surface area (Å²) in [5.41, 5.74) is 2.35. The Kier molecular flexibility index (Phi) is 7.59. The van der Waals surface area contributed by atoms with Gasteiger partial charge in [-0.25, -0.2) is 0 Å². The van der Waals surface area contributed by atoms with Crippen molar-refractivity contribution in [2.45, 2.75) is 6.92 Å². The zero-order valence-electron chi connectivity index (χ0n) is 17.1. The number of ether oxygens (including phenoxy) is 1. The van der Waals surface area contributed by atoms with E-state index in [4.69, 9.17) is 16.3 Å². The first-order valence-corrected chi connectivity index (χ1v) is 10.7. The second-order valence-corrected chi connectivity index (χ2v) is 8.15. The molecule has 1 heterocycles. The summed E-state index contributed by atoms with van der Waals surface area (Å²) >= 11 is 6.98. The van der Waals surface area contributed by atoms with Crippen molar-refractivity contribution in [1.29, 1.82) is 0 Å². The molecule has 0 radical (unpaired) electrons. The van der Waals surface area contributed by atoms with Crippen molar-refractivity contribution in [3.63, 3.8) is 0 Å². The van der Waals surface area contributed by atoms with E-state index < -0.39 is 0 Å². The average molecular weight is 460 g/mol. The molecule has 3 amide bonds. The number of benzene rings is 2. The first-order valence-electron chi connectivity index (χ1n) is 9.54. The van der Waals surface area contributed by atoms with Gasteiger partial charge in [-0.15, -0.1) is 0 Å². The number of anilines is 1. The van der Waals surface area contributed by atoms with Gasteiger partial charge >= 0.3 is 0 Å². The predicted octanol–water partition coefficient (Wildman–Crippen LogP) is 3.92. The van der Waals surface area contributed by atoms with Gasteiger partial charge in [0.1, 0.15) is 5.75 Å². The van der Waals surface area contributed by atoms with E-state index in [-0.39, 0.29) is 36.7 Å². The summed E-state index contributed by atoms with van der Waals surface area (Å²) in [5.74, 6) is -0.0968. The Morgan fingerprint density at radius 2 is 1.97 bits per heavy atom. The van der Waals surface area contributed by atoms with Crippen LogP contribution in [-0.4, -0.2) is 48.7 Å². The minimum Gasteiger partial charge on any atom is -0.495 e. The number of rotatable bonds is 8. The van der Waals surface area contributed by atoms with E-state index >= 15 is 0 Å². The van der Waals surface area contributed by atoms with Gasteiger partial charge in [-0.05, 0) is 42.0 Å². The Morgan fingerprint density at radius 3 is 2.68 bits per heavy atom. The van der Waals surface area contributed by atoms with Crippen LogP contribution in [0.1, 0.15) is 11.1 Å². The number of thioether (sulfide) groups is 1. The fourth-order valence-corrected chi connectivity index (χ4v) is 3.93. The monoisotopic (exact) mass is 459 g/mol. The number of hydrogen-bond donors (Lipinski definition) is 2. The van der Waals surface area contributed by atoms with Gasteiger partial charge in [-0.1, -0.05) is 41.9 Å². The lowest BCUT2D eigenvalue weighted by molar-refractivity contribution is -0.123. The number of carbonyl (C=O) groups is 3. The fraction of sp³-hybridized carbons (Fsp3) is 0.227. The molecular weight excluding hydrogens is 438 g/mol. The van der Waals surface area contributed by atoms with Gasteiger partial charge in [0.05, 0.1) is 24.2 Å². The SMILES string of the molecule is COc1cc(Cl)c(C)cc1NCC(=O)NCCN1C(=O)S/C(=C/c2ccccc2)C1=O. The molecule has 0 aliphatic carbocycles. The highest BCUT2D eigenvalue weighted by molar-refractivity contribution is 8.18. The summed E-state index contributed by atoms with van der Waals surface area (Å²) < 4.78 is 5.27. The largest absolute Gasteiger partial charge is 0.495 e. The molecule has 1 aliphatic rings. The number of methoxy groups -OCH3 is 1. The van der Waals surface area contributed by atoms with E-state index in [0.717, 1.165) is 27.8 Å². The number of imide groups is 1. The molecule has 31 heavy (non-hydrogen) atoms. The minimum absolute atomic E-state index is 0.00718. The van der Waals surface area contributed by atoms with Crippen LogP contribution in [0.25, 0.3) is 6.08 Å². The molecule has 9 heteroatoms. The second-order valence-electron chi connectivity index (χ2n) is 6.75. The van der Waals surface area contributed by atoms with Crippen molar-refractivity contribution in [2.24, 2.45) is 0 Å². The summed E-state index contributed by atoms with van der Waals surface area (Å²) in [6, 6.07) is 12.8. The molecule has 162 valence electrons. The van der Waals surface area contributed by atoms with Crippen LogP contribution in [0.4, 0.5) is 10.5 Å². The van der Waals surface area contributed by atoms with Crippen LogP contribution < -0.4 is 15.4 Å². The highest BCUT2D eigenvalue weighted by Crippen LogP contribution is 2.32. The van der Waals surface area contributed by atoms with Crippen molar-refractivity contribution >= 4 is 52.2 Å². The molecule has 2 aromatic carbocycles. The summed E-state index contributed by atoms with van der Waals surface area (Å²) in [7, 11) is 1.52. The standard InChI is InChI=1S/C22H22ClN3O4S/c1-14-10-17(18(30-2)12-16(14)23)25-13-20(27)24-8-9-26-21(28)19(31-22(26)29)11-15-6-4-3-5-7-15/h3-7,10-12,25H,8-9,13H2,1-2H3,(H,24,27)/b19-11+. The van der Waals surface area contributed by atoms with E-state index in [9.17, 15) is 14.4 Å². The van der Waals surface area contributed by atoms with Gasteiger partial charge in [-0.3, -0.25) is 19.3 Å². The fourth-order valence-electron chi connectivity index (χ4n) is 2.91. The molecule has 2 aromatic rings. The topological polar surface area (TPSA) is 87.7 Å². The van der Waals surface area contributed by atoms with Gasteiger partial charge in [0.2, 0.25) is 5.91 Å². The Morgan fingerprint density at radius 1 is 1.23 bits per heavy atom. The third-order valence-electron chi connectivity index (χ3n) is 4.55. The van der Waals surface area contributed by atoms with Crippen molar-refractivity contribution in [2.75, 3.05) is 32.1 Å². The number of carbonyl (C=O) groups excluding carboxylic acids is 3. The second kappa shape index (κ2) is 10.4. The first kappa shape index (κ1) is 22.7. The number of amides is 3. The Bertz CT molecular complexity index is 1030. The number of aryl methyl sites for hydroxylation is 1. The Labute approximate surface area is 189 Å². The first-order chi connectivity index (χ1) is 14.9. The molecule has 3 rings (SSSR count). The van der Waals surface area contributed by atoms with Gasteiger partial charge in [0.15, 0.2) is 0 Å². The number of hydrogen-bond acceptors (Lipinski definition) is 6. The normalized spacial score (nSPS) is 14.8. The molecule has 7 nitrogen and oxygen atoms in total. The third-order valence-corrected chi connectivity index (χ3v) is 5.86. The zero-order valence-corrected chi connectivity index (χ0v) is 18.7. The van der Waals surface area contributed by atoms with Crippen LogP contribution in [0.15, 0.2) is 47.4 Å². The molecule has 2 N–H and O–H groups in total.